The molecule has 9 nitrogen and oxygen atoms in total. The molecule has 0 aliphatic carbocycles. The molecule has 0 saturated heterocycles. The SMILES string of the molecule is CNc1cc(COC(=O)O)ccc1OC1CC(O)C=C(C(=O)O)O1. The highest BCUT2D eigenvalue weighted by atomic mass is 16.7. The van der Waals surface area contributed by atoms with E-state index in [4.69, 9.17) is 19.7 Å². The Morgan fingerprint density at radius 2 is 2.12 bits per heavy atom. The van der Waals surface area contributed by atoms with Crippen molar-refractivity contribution in [2.24, 2.45) is 0 Å². The summed E-state index contributed by atoms with van der Waals surface area (Å²) < 4.78 is 15.3. The van der Waals surface area contributed by atoms with E-state index in [0.717, 1.165) is 6.08 Å². The summed E-state index contributed by atoms with van der Waals surface area (Å²) in [5.74, 6) is -1.31. The Morgan fingerprint density at radius 3 is 2.75 bits per heavy atom. The molecular weight excluding hydrogens is 322 g/mol. The van der Waals surface area contributed by atoms with Gasteiger partial charge in [0.15, 0.2) is 0 Å². The number of aliphatic hydroxyl groups is 1. The minimum absolute atomic E-state index is 0.0732. The number of carboxylic acids is 1. The molecule has 0 saturated carbocycles. The summed E-state index contributed by atoms with van der Waals surface area (Å²) in [5.41, 5.74) is 1.14. The molecule has 0 fully saturated rings. The van der Waals surface area contributed by atoms with E-state index in [9.17, 15) is 14.7 Å². The molecule has 0 aromatic heterocycles. The van der Waals surface area contributed by atoms with Crippen molar-refractivity contribution in [2.75, 3.05) is 12.4 Å². The summed E-state index contributed by atoms with van der Waals surface area (Å²) in [7, 11) is 1.64. The van der Waals surface area contributed by atoms with Crippen LogP contribution >= 0.6 is 0 Å². The highest BCUT2D eigenvalue weighted by Gasteiger charge is 2.27. The first-order chi connectivity index (χ1) is 11.4. The average Bonchev–Trinajstić information content (AvgIpc) is 2.53. The van der Waals surface area contributed by atoms with Crippen molar-refractivity contribution in [3.05, 3.63) is 35.6 Å². The lowest BCUT2D eigenvalue weighted by atomic mass is 10.1. The van der Waals surface area contributed by atoms with Gasteiger partial charge < -0.3 is 34.8 Å². The molecule has 1 aromatic rings. The molecule has 0 amide bonds. The zero-order valence-corrected chi connectivity index (χ0v) is 12.8. The Labute approximate surface area is 137 Å². The monoisotopic (exact) mass is 339 g/mol. The number of aliphatic carboxylic acids is 1. The van der Waals surface area contributed by atoms with Crippen molar-refractivity contribution in [1.82, 2.24) is 0 Å². The number of hydrogen-bond acceptors (Lipinski definition) is 7. The molecule has 2 unspecified atom stereocenters. The molecule has 1 heterocycles. The number of benzene rings is 1. The predicted octanol–water partition coefficient (Wildman–Crippen LogP) is 1.38. The smallest absolute Gasteiger partial charge is 0.475 e. The standard InChI is InChI=1S/C15H17NO8/c1-16-10-4-8(7-22-15(20)21)2-3-11(10)23-13-6-9(17)5-12(24-13)14(18)19/h2-5,9,13,16-17H,6-7H2,1H3,(H,18,19)(H,20,21). The first-order valence-electron chi connectivity index (χ1n) is 7.02. The van der Waals surface area contributed by atoms with Crippen molar-refractivity contribution in [3.63, 3.8) is 0 Å². The van der Waals surface area contributed by atoms with Crippen molar-refractivity contribution < 1.29 is 39.1 Å². The largest absolute Gasteiger partial charge is 0.506 e. The zero-order valence-electron chi connectivity index (χ0n) is 12.8. The van der Waals surface area contributed by atoms with E-state index in [2.05, 4.69) is 10.1 Å². The fourth-order valence-electron chi connectivity index (χ4n) is 2.11. The molecule has 24 heavy (non-hydrogen) atoms. The van der Waals surface area contributed by atoms with Gasteiger partial charge in [0.25, 0.3) is 0 Å². The summed E-state index contributed by atoms with van der Waals surface area (Å²) >= 11 is 0. The van der Waals surface area contributed by atoms with Gasteiger partial charge in [-0.15, -0.1) is 0 Å². The lowest BCUT2D eigenvalue weighted by Crippen LogP contribution is -2.32. The van der Waals surface area contributed by atoms with Crippen molar-refractivity contribution in [2.45, 2.75) is 25.4 Å². The van der Waals surface area contributed by atoms with Gasteiger partial charge in [0, 0.05) is 7.05 Å². The molecule has 2 atom stereocenters. The first-order valence-corrected chi connectivity index (χ1v) is 7.02. The summed E-state index contributed by atoms with van der Waals surface area (Å²) in [6.45, 7) is -0.116. The van der Waals surface area contributed by atoms with Gasteiger partial charge in [0.05, 0.1) is 18.2 Å². The third kappa shape index (κ3) is 4.53. The van der Waals surface area contributed by atoms with Crippen LogP contribution in [0.15, 0.2) is 30.0 Å². The van der Waals surface area contributed by atoms with Crippen LogP contribution in [0.2, 0.25) is 0 Å². The lowest BCUT2D eigenvalue weighted by molar-refractivity contribution is -0.146. The molecule has 2 rings (SSSR count). The van der Waals surface area contributed by atoms with Gasteiger partial charge in [-0.2, -0.15) is 0 Å². The fraction of sp³-hybridized carbons (Fsp3) is 0.333. The molecule has 1 aliphatic heterocycles. The van der Waals surface area contributed by atoms with Gasteiger partial charge >= 0.3 is 12.1 Å². The maximum Gasteiger partial charge on any atom is 0.506 e. The van der Waals surface area contributed by atoms with Crippen LogP contribution in [0.4, 0.5) is 10.5 Å². The van der Waals surface area contributed by atoms with Crippen LogP contribution in [0.5, 0.6) is 5.75 Å². The van der Waals surface area contributed by atoms with Crippen molar-refractivity contribution in [3.8, 4) is 5.75 Å². The molecule has 0 bridgehead atoms. The summed E-state index contributed by atoms with van der Waals surface area (Å²) in [6, 6.07) is 4.80. The lowest BCUT2D eigenvalue weighted by Gasteiger charge is -2.27. The van der Waals surface area contributed by atoms with E-state index in [1.165, 1.54) is 0 Å². The Morgan fingerprint density at radius 1 is 1.38 bits per heavy atom. The van der Waals surface area contributed by atoms with E-state index >= 15 is 0 Å². The number of rotatable bonds is 6. The van der Waals surface area contributed by atoms with Crippen LogP contribution in [0.3, 0.4) is 0 Å². The normalized spacial score (nSPS) is 19.7. The van der Waals surface area contributed by atoms with Gasteiger partial charge in [0.2, 0.25) is 12.0 Å². The molecule has 1 aliphatic rings. The summed E-state index contributed by atoms with van der Waals surface area (Å²) in [5, 5.41) is 30.0. The average molecular weight is 339 g/mol. The van der Waals surface area contributed by atoms with Crippen LogP contribution in [0, 0.1) is 0 Å². The van der Waals surface area contributed by atoms with Crippen LogP contribution in [-0.4, -0.2) is 46.9 Å². The van der Waals surface area contributed by atoms with Crippen molar-refractivity contribution >= 4 is 17.8 Å². The third-order valence-corrected chi connectivity index (χ3v) is 3.18. The second-order valence-electron chi connectivity index (χ2n) is 4.94. The van der Waals surface area contributed by atoms with Crippen LogP contribution in [0.1, 0.15) is 12.0 Å². The number of ether oxygens (including phenoxy) is 3. The Balaban J connectivity index is 2.10. The number of hydrogen-bond donors (Lipinski definition) is 4. The highest BCUT2D eigenvalue weighted by molar-refractivity contribution is 5.84. The number of nitrogens with one attached hydrogen (secondary N) is 1. The van der Waals surface area contributed by atoms with Crippen LogP contribution < -0.4 is 10.1 Å². The maximum absolute atomic E-state index is 11.0. The second kappa shape index (κ2) is 7.55. The number of carboxylic acid groups (broad SMARTS) is 2. The predicted molar refractivity (Wildman–Crippen MR) is 80.6 cm³/mol. The third-order valence-electron chi connectivity index (χ3n) is 3.18. The molecule has 0 radical (unpaired) electrons. The molecule has 1 aromatic carbocycles. The summed E-state index contributed by atoms with van der Waals surface area (Å²) in [4.78, 5) is 21.4. The Hall–Kier alpha value is -2.94. The van der Waals surface area contributed by atoms with Gasteiger partial charge in [-0.05, 0) is 23.8 Å². The van der Waals surface area contributed by atoms with Crippen LogP contribution in [0.25, 0.3) is 0 Å². The number of carbonyl (C=O) groups is 2. The second-order valence-corrected chi connectivity index (χ2v) is 4.94. The van der Waals surface area contributed by atoms with Gasteiger partial charge in [-0.25, -0.2) is 9.59 Å². The van der Waals surface area contributed by atoms with E-state index in [1.807, 2.05) is 0 Å². The Kier molecular flexibility index (Phi) is 5.48. The fourth-order valence-corrected chi connectivity index (χ4v) is 2.11. The molecule has 9 heteroatoms. The van der Waals surface area contributed by atoms with E-state index in [-0.39, 0.29) is 18.8 Å². The van der Waals surface area contributed by atoms with E-state index in [0.29, 0.717) is 17.0 Å². The van der Waals surface area contributed by atoms with Gasteiger partial charge in [-0.1, -0.05) is 6.07 Å². The van der Waals surface area contributed by atoms with Crippen LogP contribution in [-0.2, 0) is 20.9 Å². The Bertz CT molecular complexity index is 657. The first kappa shape index (κ1) is 17.4. The molecule has 130 valence electrons. The van der Waals surface area contributed by atoms with Crippen molar-refractivity contribution in [1.29, 1.82) is 0 Å². The minimum atomic E-state index is -1.38. The van der Waals surface area contributed by atoms with E-state index in [1.54, 1.807) is 25.2 Å². The van der Waals surface area contributed by atoms with E-state index < -0.39 is 24.5 Å². The number of aliphatic hydroxyl groups excluding tert-OH is 1. The van der Waals surface area contributed by atoms with Gasteiger partial charge in [-0.3, -0.25) is 0 Å². The van der Waals surface area contributed by atoms with Gasteiger partial charge in [0.1, 0.15) is 12.4 Å². The summed E-state index contributed by atoms with van der Waals surface area (Å²) in [6.07, 6.45) is -2.16. The highest BCUT2D eigenvalue weighted by Crippen LogP contribution is 2.29. The minimum Gasteiger partial charge on any atom is -0.475 e. The molecular formula is C15H17NO8. The quantitative estimate of drug-likeness (QED) is 0.567. The molecule has 0 spiro atoms. The zero-order chi connectivity index (χ0) is 17.7. The number of anilines is 1. The topological polar surface area (TPSA) is 135 Å². The molecule has 4 N–H and O–H groups in total. The maximum atomic E-state index is 11.0.